The number of nitrogens with two attached hydrogens (primary N) is 1. The molecule has 0 aromatic carbocycles. The van der Waals surface area contributed by atoms with Gasteiger partial charge in [0.2, 0.25) is 0 Å². The number of aryl methyl sites for hydroxylation is 2. The Morgan fingerprint density at radius 2 is 2.11 bits per heavy atom. The molecule has 0 aliphatic rings. The molecular weight excluding hydrogens is 274 g/mol. The Hall–Kier alpha value is -0.590. The molecule has 7 heteroatoms. The summed E-state index contributed by atoms with van der Waals surface area (Å²) in [4.78, 5) is 0. The number of hydrogen-bond acceptors (Lipinski definition) is 4. The standard InChI is InChI=1S/C11H20ClN3O2S/c1-4-9-11(12)10(15(3)14-9)7-18(16,17)6-8(2)5-13/h8H,4-7,13H2,1-3H3. The number of nitrogens with zero attached hydrogens (tertiary/aromatic N) is 2. The second kappa shape index (κ2) is 6.04. The van der Waals surface area contributed by atoms with E-state index in [1.807, 2.05) is 13.8 Å². The van der Waals surface area contributed by atoms with Crippen molar-refractivity contribution < 1.29 is 8.42 Å². The molecule has 5 nitrogen and oxygen atoms in total. The lowest BCUT2D eigenvalue weighted by Gasteiger charge is -2.09. The number of hydrogen-bond donors (Lipinski definition) is 1. The first-order valence-corrected chi connectivity index (χ1v) is 8.11. The topological polar surface area (TPSA) is 78.0 Å². The number of sulfone groups is 1. The van der Waals surface area contributed by atoms with Crippen LogP contribution in [0.15, 0.2) is 0 Å². The third kappa shape index (κ3) is 3.70. The maximum atomic E-state index is 12.0. The average Bonchev–Trinajstić information content (AvgIpc) is 2.55. The molecule has 0 bridgehead atoms. The highest BCUT2D eigenvalue weighted by Gasteiger charge is 2.21. The van der Waals surface area contributed by atoms with E-state index in [2.05, 4.69) is 5.10 Å². The van der Waals surface area contributed by atoms with E-state index in [0.717, 1.165) is 5.69 Å². The van der Waals surface area contributed by atoms with Gasteiger partial charge in [0, 0.05) is 7.05 Å². The summed E-state index contributed by atoms with van der Waals surface area (Å²) in [5, 5.41) is 4.67. The van der Waals surface area contributed by atoms with E-state index in [1.165, 1.54) is 0 Å². The summed E-state index contributed by atoms with van der Waals surface area (Å²) in [6.07, 6.45) is 0.686. The summed E-state index contributed by atoms with van der Waals surface area (Å²) < 4.78 is 25.6. The van der Waals surface area contributed by atoms with E-state index in [0.29, 0.717) is 23.7 Å². The Morgan fingerprint density at radius 1 is 1.50 bits per heavy atom. The monoisotopic (exact) mass is 293 g/mol. The second-order valence-corrected chi connectivity index (χ2v) is 7.07. The lowest BCUT2D eigenvalue weighted by Crippen LogP contribution is -2.22. The fourth-order valence-corrected chi connectivity index (χ4v) is 4.05. The van der Waals surface area contributed by atoms with Crippen LogP contribution < -0.4 is 5.73 Å². The Labute approximate surface area is 113 Å². The van der Waals surface area contributed by atoms with Crippen molar-refractivity contribution in [2.75, 3.05) is 12.3 Å². The van der Waals surface area contributed by atoms with Crippen molar-refractivity contribution in [1.29, 1.82) is 0 Å². The zero-order chi connectivity index (χ0) is 13.9. The van der Waals surface area contributed by atoms with Crippen LogP contribution in [0.25, 0.3) is 0 Å². The molecule has 0 aliphatic heterocycles. The largest absolute Gasteiger partial charge is 0.330 e. The maximum absolute atomic E-state index is 12.0. The Balaban J connectivity index is 2.94. The van der Waals surface area contributed by atoms with Gasteiger partial charge in [0.15, 0.2) is 9.84 Å². The highest BCUT2D eigenvalue weighted by molar-refractivity contribution is 7.90. The molecule has 0 spiro atoms. The Kier molecular flexibility index (Phi) is 5.19. The quantitative estimate of drug-likeness (QED) is 0.853. The van der Waals surface area contributed by atoms with Gasteiger partial charge in [0.1, 0.15) is 0 Å². The first kappa shape index (κ1) is 15.5. The van der Waals surface area contributed by atoms with Crippen LogP contribution in [-0.4, -0.2) is 30.5 Å². The molecule has 2 N–H and O–H groups in total. The normalized spacial score (nSPS) is 13.8. The molecule has 1 heterocycles. The van der Waals surface area contributed by atoms with E-state index in [-0.39, 0.29) is 17.4 Å². The first-order valence-electron chi connectivity index (χ1n) is 5.91. The van der Waals surface area contributed by atoms with Gasteiger partial charge in [0.05, 0.1) is 27.9 Å². The maximum Gasteiger partial charge on any atom is 0.156 e. The van der Waals surface area contributed by atoms with Crippen LogP contribution in [0.4, 0.5) is 0 Å². The third-order valence-corrected chi connectivity index (χ3v) is 5.03. The molecule has 1 aromatic heterocycles. The molecule has 104 valence electrons. The van der Waals surface area contributed by atoms with Gasteiger partial charge in [0.25, 0.3) is 0 Å². The summed E-state index contributed by atoms with van der Waals surface area (Å²) in [6.45, 7) is 4.11. The van der Waals surface area contributed by atoms with Crippen LogP contribution in [0.2, 0.25) is 5.02 Å². The molecule has 0 radical (unpaired) electrons. The van der Waals surface area contributed by atoms with Crippen LogP contribution in [0.3, 0.4) is 0 Å². The van der Waals surface area contributed by atoms with Crippen molar-refractivity contribution in [3.8, 4) is 0 Å². The lowest BCUT2D eigenvalue weighted by molar-refractivity contribution is 0.570. The molecular formula is C11H20ClN3O2S. The number of halogens is 1. The fraction of sp³-hybridized carbons (Fsp3) is 0.727. The summed E-state index contributed by atoms with van der Waals surface area (Å²) in [5.41, 5.74) is 6.74. The minimum absolute atomic E-state index is 0.0485. The second-order valence-electron chi connectivity index (χ2n) is 4.58. The first-order chi connectivity index (χ1) is 8.30. The summed E-state index contributed by atoms with van der Waals surface area (Å²) in [7, 11) is -1.50. The van der Waals surface area contributed by atoms with Gasteiger partial charge in [-0.05, 0) is 18.9 Å². The highest BCUT2D eigenvalue weighted by Crippen LogP contribution is 2.23. The van der Waals surface area contributed by atoms with E-state index in [9.17, 15) is 8.42 Å². The average molecular weight is 294 g/mol. The van der Waals surface area contributed by atoms with Crippen molar-refractivity contribution in [2.24, 2.45) is 18.7 Å². The van der Waals surface area contributed by atoms with Crippen LogP contribution >= 0.6 is 11.6 Å². The Bertz CT molecular complexity index is 511. The van der Waals surface area contributed by atoms with E-state index in [1.54, 1.807) is 11.7 Å². The van der Waals surface area contributed by atoms with Crippen molar-refractivity contribution >= 4 is 21.4 Å². The molecule has 1 unspecified atom stereocenters. The number of aromatic nitrogens is 2. The highest BCUT2D eigenvalue weighted by atomic mass is 35.5. The van der Waals surface area contributed by atoms with Crippen LogP contribution in [0.5, 0.6) is 0 Å². The Morgan fingerprint density at radius 3 is 2.56 bits per heavy atom. The fourth-order valence-electron chi connectivity index (χ4n) is 1.75. The van der Waals surface area contributed by atoms with Crippen LogP contribution in [-0.2, 0) is 29.1 Å². The van der Waals surface area contributed by atoms with Crippen molar-refractivity contribution in [3.63, 3.8) is 0 Å². The summed E-state index contributed by atoms with van der Waals surface area (Å²) >= 11 is 6.13. The molecule has 1 rings (SSSR count). The lowest BCUT2D eigenvalue weighted by atomic mass is 10.2. The smallest absolute Gasteiger partial charge is 0.156 e. The van der Waals surface area contributed by atoms with Gasteiger partial charge in [-0.25, -0.2) is 8.42 Å². The van der Waals surface area contributed by atoms with Gasteiger partial charge >= 0.3 is 0 Å². The van der Waals surface area contributed by atoms with Gasteiger partial charge in [-0.3, -0.25) is 4.68 Å². The molecule has 1 atom stereocenters. The van der Waals surface area contributed by atoms with Crippen molar-refractivity contribution in [2.45, 2.75) is 26.0 Å². The SMILES string of the molecule is CCc1nn(C)c(CS(=O)(=O)CC(C)CN)c1Cl. The number of rotatable bonds is 6. The van der Waals surface area contributed by atoms with Crippen LogP contribution in [0, 0.1) is 5.92 Å². The van der Waals surface area contributed by atoms with Gasteiger partial charge in [-0.1, -0.05) is 25.4 Å². The van der Waals surface area contributed by atoms with Gasteiger partial charge in [-0.15, -0.1) is 0 Å². The third-order valence-electron chi connectivity index (χ3n) is 2.80. The summed E-state index contributed by atoms with van der Waals surface area (Å²) in [5.74, 6) is -0.0563. The van der Waals surface area contributed by atoms with Crippen LogP contribution in [0.1, 0.15) is 25.2 Å². The van der Waals surface area contributed by atoms with E-state index in [4.69, 9.17) is 17.3 Å². The molecule has 0 fully saturated rings. The molecule has 0 amide bonds. The van der Waals surface area contributed by atoms with Crippen molar-refractivity contribution in [1.82, 2.24) is 9.78 Å². The molecule has 18 heavy (non-hydrogen) atoms. The predicted molar refractivity (Wildman–Crippen MR) is 73.3 cm³/mol. The minimum atomic E-state index is -3.21. The molecule has 0 saturated heterocycles. The van der Waals surface area contributed by atoms with E-state index >= 15 is 0 Å². The molecule has 0 aliphatic carbocycles. The minimum Gasteiger partial charge on any atom is -0.330 e. The van der Waals surface area contributed by atoms with Gasteiger partial charge in [-0.2, -0.15) is 5.10 Å². The summed E-state index contributed by atoms with van der Waals surface area (Å²) in [6, 6.07) is 0. The zero-order valence-electron chi connectivity index (χ0n) is 11.0. The molecule has 0 saturated carbocycles. The van der Waals surface area contributed by atoms with Gasteiger partial charge < -0.3 is 5.73 Å². The van der Waals surface area contributed by atoms with Crippen molar-refractivity contribution in [3.05, 3.63) is 16.4 Å². The zero-order valence-corrected chi connectivity index (χ0v) is 12.6. The molecule has 1 aromatic rings. The predicted octanol–water partition coefficient (Wildman–Crippen LogP) is 1.15. The van der Waals surface area contributed by atoms with E-state index < -0.39 is 9.84 Å².